The summed E-state index contributed by atoms with van der Waals surface area (Å²) in [5, 5.41) is 3.93. The van der Waals surface area contributed by atoms with Gasteiger partial charge in [-0.2, -0.15) is 0 Å². The third-order valence-electron chi connectivity index (χ3n) is 3.51. The van der Waals surface area contributed by atoms with Crippen molar-refractivity contribution in [1.29, 1.82) is 0 Å². The fourth-order valence-corrected chi connectivity index (χ4v) is 3.10. The second-order valence-electron chi connectivity index (χ2n) is 4.95. The van der Waals surface area contributed by atoms with Gasteiger partial charge in [0.2, 0.25) is 5.78 Å². The molecule has 0 aliphatic rings. The van der Waals surface area contributed by atoms with E-state index in [4.69, 9.17) is 9.15 Å². The van der Waals surface area contributed by atoms with Crippen LogP contribution in [0, 0.1) is 0 Å². The fraction of sp³-hybridized carbons (Fsp3) is 0.0556. The standard InChI is InChI=1S/C18H12O3S/c19-15(18-6-3-9-22-18)11-20-12-7-8-17-14(10-12)13-4-1-2-5-16(13)21-17/h1-10H,11H2. The van der Waals surface area contributed by atoms with Crippen molar-refractivity contribution in [3.63, 3.8) is 0 Å². The molecule has 0 saturated carbocycles. The smallest absolute Gasteiger partial charge is 0.210 e. The van der Waals surface area contributed by atoms with Crippen molar-refractivity contribution < 1.29 is 13.9 Å². The minimum Gasteiger partial charge on any atom is -0.485 e. The molecule has 0 atom stereocenters. The third kappa shape index (κ3) is 2.27. The Labute approximate surface area is 130 Å². The van der Waals surface area contributed by atoms with Crippen molar-refractivity contribution >= 4 is 39.1 Å². The molecule has 0 radical (unpaired) electrons. The van der Waals surface area contributed by atoms with Gasteiger partial charge in [-0.15, -0.1) is 11.3 Å². The highest BCUT2D eigenvalue weighted by atomic mass is 32.1. The molecule has 22 heavy (non-hydrogen) atoms. The van der Waals surface area contributed by atoms with Gasteiger partial charge in [-0.3, -0.25) is 4.79 Å². The van der Waals surface area contributed by atoms with E-state index in [1.807, 2.05) is 60.0 Å². The van der Waals surface area contributed by atoms with Crippen molar-refractivity contribution in [2.45, 2.75) is 0 Å². The van der Waals surface area contributed by atoms with Crippen LogP contribution in [0.3, 0.4) is 0 Å². The number of carbonyl (C=O) groups is 1. The highest BCUT2D eigenvalue weighted by Crippen LogP contribution is 2.31. The van der Waals surface area contributed by atoms with Gasteiger partial charge in [0.05, 0.1) is 4.88 Å². The monoisotopic (exact) mass is 308 g/mol. The Morgan fingerprint density at radius 3 is 2.73 bits per heavy atom. The van der Waals surface area contributed by atoms with Crippen LogP contribution in [0.4, 0.5) is 0 Å². The first-order valence-electron chi connectivity index (χ1n) is 6.92. The molecular weight excluding hydrogens is 296 g/mol. The Balaban J connectivity index is 1.62. The van der Waals surface area contributed by atoms with Crippen LogP contribution >= 0.6 is 11.3 Å². The van der Waals surface area contributed by atoms with E-state index in [2.05, 4.69) is 0 Å². The second kappa shape index (κ2) is 5.31. The molecule has 0 saturated heterocycles. The number of thiophene rings is 1. The summed E-state index contributed by atoms with van der Waals surface area (Å²) in [5.74, 6) is 0.663. The van der Waals surface area contributed by atoms with E-state index in [1.54, 1.807) is 0 Å². The van der Waals surface area contributed by atoms with Crippen molar-refractivity contribution in [3.8, 4) is 5.75 Å². The van der Waals surface area contributed by atoms with Gasteiger partial charge in [0.15, 0.2) is 6.61 Å². The molecule has 0 bridgehead atoms. The summed E-state index contributed by atoms with van der Waals surface area (Å²) in [6.07, 6.45) is 0. The van der Waals surface area contributed by atoms with E-state index in [9.17, 15) is 4.79 Å². The Morgan fingerprint density at radius 1 is 1.00 bits per heavy atom. The molecule has 3 nitrogen and oxygen atoms in total. The van der Waals surface area contributed by atoms with Crippen molar-refractivity contribution in [2.24, 2.45) is 0 Å². The average molecular weight is 308 g/mol. The molecule has 4 heteroatoms. The molecule has 2 aromatic heterocycles. The van der Waals surface area contributed by atoms with E-state index in [0.717, 1.165) is 26.8 Å². The minimum atomic E-state index is -0.00727. The van der Waals surface area contributed by atoms with Gasteiger partial charge >= 0.3 is 0 Å². The molecular formula is C18H12O3S. The quantitative estimate of drug-likeness (QED) is 0.503. The summed E-state index contributed by atoms with van der Waals surface area (Å²) in [6.45, 7) is 0.0435. The van der Waals surface area contributed by atoms with Crippen molar-refractivity contribution in [3.05, 3.63) is 64.9 Å². The molecule has 2 aromatic carbocycles. The summed E-state index contributed by atoms with van der Waals surface area (Å²) in [5.41, 5.74) is 1.67. The van der Waals surface area contributed by atoms with E-state index in [-0.39, 0.29) is 12.4 Å². The van der Waals surface area contributed by atoms with Gasteiger partial charge in [-0.1, -0.05) is 24.3 Å². The van der Waals surface area contributed by atoms with Gasteiger partial charge in [0, 0.05) is 10.8 Å². The largest absolute Gasteiger partial charge is 0.485 e. The molecule has 0 fully saturated rings. The molecule has 0 spiro atoms. The normalized spacial score (nSPS) is 11.1. The van der Waals surface area contributed by atoms with Crippen LogP contribution in [-0.2, 0) is 0 Å². The van der Waals surface area contributed by atoms with Crippen molar-refractivity contribution in [2.75, 3.05) is 6.61 Å². The predicted molar refractivity (Wildman–Crippen MR) is 87.9 cm³/mol. The van der Waals surface area contributed by atoms with Gasteiger partial charge in [-0.05, 0) is 35.7 Å². The molecule has 108 valence electrons. The lowest BCUT2D eigenvalue weighted by Crippen LogP contribution is -2.09. The number of hydrogen-bond acceptors (Lipinski definition) is 4. The number of furan rings is 1. The first kappa shape index (κ1) is 13.1. The SMILES string of the molecule is O=C(COc1ccc2oc3ccccc3c2c1)c1cccs1. The van der Waals surface area contributed by atoms with Gasteiger partial charge < -0.3 is 9.15 Å². The molecule has 0 unspecified atom stereocenters. The number of benzene rings is 2. The van der Waals surface area contributed by atoms with Crippen LogP contribution in [0.15, 0.2) is 64.4 Å². The van der Waals surface area contributed by atoms with Crippen LogP contribution in [0.25, 0.3) is 21.9 Å². The predicted octanol–water partition coefficient (Wildman–Crippen LogP) is 4.91. The zero-order chi connectivity index (χ0) is 14.9. The fourth-order valence-electron chi connectivity index (χ4n) is 2.45. The summed E-state index contributed by atoms with van der Waals surface area (Å²) in [4.78, 5) is 12.7. The Bertz CT molecular complexity index is 951. The molecule has 2 heterocycles. The second-order valence-corrected chi connectivity index (χ2v) is 5.89. The maximum absolute atomic E-state index is 12.0. The number of hydrogen-bond donors (Lipinski definition) is 0. The highest BCUT2D eigenvalue weighted by Gasteiger charge is 2.10. The van der Waals surface area contributed by atoms with Crippen molar-refractivity contribution in [1.82, 2.24) is 0 Å². The number of ether oxygens (including phenoxy) is 1. The van der Waals surface area contributed by atoms with Crippen LogP contribution in [-0.4, -0.2) is 12.4 Å². The van der Waals surface area contributed by atoms with Gasteiger partial charge in [-0.25, -0.2) is 0 Å². The maximum atomic E-state index is 12.0. The average Bonchev–Trinajstić information content (AvgIpc) is 3.20. The number of fused-ring (bicyclic) bond motifs is 3. The molecule has 0 aliphatic heterocycles. The Morgan fingerprint density at radius 2 is 1.86 bits per heavy atom. The lowest BCUT2D eigenvalue weighted by molar-refractivity contribution is 0.0925. The van der Waals surface area contributed by atoms with E-state index >= 15 is 0 Å². The Kier molecular flexibility index (Phi) is 3.16. The summed E-state index contributed by atoms with van der Waals surface area (Å²) in [6, 6.07) is 17.2. The number of carbonyl (C=O) groups excluding carboxylic acids is 1. The van der Waals surface area contributed by atoms with E-state index in [0.29, 0.717) is 5.75 Å². The molecule has 0 amide bonds. The summed E-state index contributed by atoms with van der Waals surface area (Å²) in [7, 11) is 0. The topological polar surface area (TPSA) is 39.4 Å². The third-order valence-corrected chi connectivity index (χ3v) is 4.43. The van der Waals surface area contributed by atoms with Crippen LogP contribution in [0.2, 0.25) is 0 Å². The zero-order valence-corrected chi connectivity index (χ0v) is 12.4. The summed E-state index contributed by atoms with van der Waals surface area (Å²) < 4.78 is 11.4. The Hall–Kier alpha value is -2.59. The van der Waals surface area contributed by atoms with Crippen LogP contribution in [0.1, 0.15) is 9.67 Å². The van der Waals surface area contributed by atoms with Crippen LogP contribution in [0.5, 0.6) is 5.75 Å². The number of para-hydroxylation sites is 1. The number of ketones is 1. The number of Topliss-reactive ketones (excluding diaryl/α,β-unsaturated/α-hetero) is 1. The van der Waals surface area contributed by atoms with E-state index < -0.39 is 0 Å². The van der Waals surface area contributed by atoms with Gasteiger partial charge in [0.1, 0.15) is 16.9 Å². The molecule has 0 N–H and O–H groups in total. The lowest BCUT2D eigenvalue weighted by atomic mass is 10.1. The first-order valence-corrected chi connectivity index (χ1v) is 7.80. The summed E-state index contributed by atoms with van der Waals surface area (Å²) >= 11 is 1.43. The highest BCUT2D eigenvalue weighted by molar-refractivity contribution is 7.12. The van der Waals surface area contributed by atoms with Gasteiger partial charge in [0.25, 0.3) is 0 Å². The minimum absolute atomic E-state index is 0.00727. The van der Waals surface area contributed by atoms with Crippen LogP contribution < -0.4 is 4.74 Å². The maximum Gasteiger partial charge on any atom is 0.210 e. The first-order chi connectivity index (χ1) is 10.8. The molecule has 4 aromatic rings. The van der Waals surface area contributed by atoms with E-state index in [1.165, 1.54) is 11.3 Å². The molecule has 4 rings (SSSR count). The lowest BCUT2D eigenvalue weighted by Gasteiger charge is -2.04. The number of rotatable bonds is 4. The molecule has 0 aliphatic carbocycles. The zero-order valence-electron chi connectivity index (χ0n) is 11.6.